The summed E-state index contributed by atoms with van der Waals surface area (Å²) >= 11 is 0. The van der Waals surface area contributed by atoms with Crippen LogP contribution >= 0.6 is 0 Å². The zero-order valence-corrected chi connectivity index (χ0v) is 12.3. The van der Waals surface area contributed by atoms with Gasteiger partial charge in [0.05, 0.1) is 30.1 Å². The quantitative estimate of drug-likeness (QED) is 0.817. The molecule has 0 bridgehead atoms. The normalized spacial score (nSPS) is 11.1. The molecule has 0 radical (unpaired) electrons. The van der Waals surface area contributed by atoms with Gasteiger partial charge in [-0.15, -0.1) is 0 Å². The Labute approximate surface area is 123 Å². The van der Waals surface area contributed by atoms with Gasteiger partial charge >= 0.3 is 0 Å². The Kier molecular flexibility index (Phi) is 4.71. The number of anilines is 1. The first-order chi connectivity index (χ1) is 10.1. The molecule has 8 heteroatoms. The molecule has 2 rings (SSSR count). The number of aromatic nitrogens is 2. The lowest BCUT2D eigenvalue weighted by atomic mass is 10.1. The fraction of sp³-hybridized carbons (Fsp3) is 0.231. The average molecular weight is 308 g/mol. The van der Waals surface area contributed by atoms with Crippen molar-refractivity contribution in [3.8, 4) is 5.75 Å². The minimum absolute atomic E-state index is 0.164. The van der Waals surface area contributed by atoms with Crippen molar-refractivity contribution in [2.45, 2.75) is 11.3 Å². The fourth-order valence-corrected chi connectivity index (χ4v) is 3.14. The highest BCUT2D eigenvalue weighted by molar-refractivity contribution is 7.92. The van der Waals surface area contributed by atoms with Crippen LogP contribution < -0.4 is 15.2 Å². The van der Waals surface area contributed by atoms with E-state index in [-0.39, 0.29) is 4.90 Å². The molecule has 0 saturated heterocycles. The van der Waals surface area contributed by atoms with E-state index < -0.39 is 10.0 Å². The number of ether oxygens (including phenoxy) is 1. The number of methoxy groups -OCH3 is 1. The Morgan fingerprint density at radius 3 is 2.62 bits per heavy atom. The molecule has 0 saturated carbocycles. The fourth-order valence-electron chi connectivity index (χ4n) is 1.86. The van der Waals surface area contributed by atoms with E-state index in [1.807, 2.05) is 0 Å². The SMILES string of the molecule is COc1ccc(S(=O)(=O)Nc2cncnc2)c(CCN)c1. The molecule has 0 fully saturated rings. The topological polar surface area (TPSA) is 107 Å². The molecular formula is C13H16N4O3S. The van der Waals surface area contributed by atoms with Crippen molar-refractivity contribution in [1.29, 1.82) is 0 Å². The summed E-state index contributed by atoms with van der Waals surface area (Å²) < 4.78 is 32.4. The number of rotatable bonds is 6. The third-order valence-corrected chi connectivity index (χ3v) is 4.27. The monoisotopic (exact) mass is 308 g/mol. The lowest BCUT2D eigenvalue weighted by Crippen LogP contribution is -2.16. The standard InChI is InChI=1S/C13H16N4O3S/c1-20-12-2-3-13(10(6-12)4-5-14)21(18,19)17-11-7-15-9-16-8-11/h2-3,6-9,17H,4-5,14H2,1H3. The Morgan fingerprint density at radius 2 is 2.00 bits per heavy atom. The zero-order chi connectivity index (χ0) is 15.3. The average Bonchev–Trinajstić information content (AvgIpc) is 2.48. The van der Waals surface area contributed by atoms with Crippen LogP contribution in [0.2, 0.25) is 0 Å². The van der Waals surface area contributed by atoms with E-state index in [9.17, 15) is 8.42 Å². The van der Waals surface area contributed by atoms with Gasteiger partial charge in [0.2, 0.25) is 0 Å². The molecule has 21 heavy (non-hydrogen) atoms. The summed E-state index contributed by atoms with van der Waals surface area (Å²) in [6.07, 6.45) is 4.52. The van der Waals surface area contributed by atoms with Crippen LogP contribution in [0.5, 0.6) is 5.75 Å². The van der Waals surface area contributed by atoms with Crippen LogP contribution in [0.4, 0.5) is 5.69 Å². The molecule has 0 unspecified atom stereocenters. The van der Waals surface area contributed by atoms with Crippen LogP contribution in [0.25, 0.3) is 0 Å². The van der Waals surface area contributed by atoms with Crippen LogP contribution in [0.15, 0.2) is 41.8 Å². The molecule has 1 aromatic carbocycles. The van der Waals surface area contributed by atoms with Gasteiger partial charge in [0.25, 0.3) is 10.0 Å². The van der Waals surface area contributed by atoms with Crippen molar-refractivity contribution in [3.63, 3.8) is 0 Å². The number of benzene rings is 1. The van der Waals surface area contributed by atoms with E-state index in [1.54, 1.807) is 12.1 Å². The second kappa shape index (κ2) is 6.51. The number of sulfonamides is 1. The van der Waals surface area contributed by atoms with Crippen LogP contribution in [0.1, 0.15) is 5.56 Å². The van der Waals surface area contributed by atoms with E-state index in [1.165, 1.54) is 31.9 Å². The molecule has 0 aliphatic heterocycles. The molecule has 7 nitrogen and oxygen atoms in total. The van der Waals surface area contributed by atoms with Crippen molar-refractivity contribution in [1.82, 2.24) is 9.97 Å². The van der Waals surface area contributed by atoms with Gasteiger partial charge in [-0.25, -0.2) is 18.4 Å². The number of nitrogens with one attached hydrogen (secondary N) is 1. The smallest absolute Gasteiger partial charge is 0.262 e. The van der Waals surface area contributed by atoms with Gasteiger partial charge in [0.1, 0.15) is 12.1 Å². The second-order valence-electron chi connectivity index (χ2n) is 4.24. The van der Waals surface area contributed by atoms with E-state index >= 15 is 0 Å². The van der Waals surface area contributed by atoms with E-state index in [2.05, 4.69) is 14.7 Å². The summed E-state index contributed by atoms with van der Waals surface area (Å²) in [5.74, 6) is 0.584. The van der Waals surface area contributed by atoms with Crippen LogP contribution in [0.3, 0.4) is 0 Å². The maximum absolute atomic E-state index is 12.4. The van der Waals surface area contributed by atoms with Gasteiger partial charge in [-0.1, -0.05) is 0 Å². The summed E-state index contributed by atoms with van der Waals surface area (Å²) in [5.41, 5.74) is 6.44. The maximum Gasteiger partial charge on any atom is 0.262 e. The van der Waals surface area contributed by atoms with Crippen molar-refractivity contribution >= 4 is 15.7 Å². The zero-order valence-electron chi connectivity index (χ0n) is 11.5. The maximum atomic E-state index is 12.4. The summed E-state index contributed by atoms with van der Waals surface area (Å²) in [7, 11) is -2.21. The number of nitrogens with two attached hydrogens (primary N) is 1. The summed E-state index contributed by atoms with van der Waals surface area (Å²) in [6, 6.07) is 4.76. The molecule has 0 aliphatic carbocycles. The molecule has 112 valence electrons. The molecule has 2 aromatic rings. The molecule has 1 heterocycles. The largest absolute Gasteiger partial charge is 0.497 e. The molecule has 0 amide bonds. The minimum atomic E-state index is -3.73. The summed E-state index contributed by atoms with van der Waals surface area (Å²) in [5, 5.41) is 0. The number of nitrogens with zero attached hydrogens (tertiary/aromatic N) is 2. The van der Waals surface area contributed by atoms with Gasteiger partial charge in [-0.3, -0.25) is 4.72 Å². The Hall–Kier alpha value is -2.19. The Morgan fingerprint density at radius 1 is 1.29 bits per heavy atom. The predicted octanol–water partition coefficient (Wildman–Crippen LogP) is 0.787. The third kappa shape index (κ3) is 3.67. The van der Waals surface area contributed by atoms with Gasteiger partial charge < -0.3 is 10.5 Å². The summed E-state index contributed by atoms with van der Waals surface area (Å²) in [4.78, 5) is 7.71. The third-order valence-electron chi connectivity index (χ3n) is 2.78. The van der Waals surface area contributed by atoms with E-state index in [4.69, 9.17) is 10.5 Å². The van der Waals surface area contributed by atoms with Crippen molar-refractivity contribution < 1.29 is 13.2 Å². The van der Waals surface area contributed by atoms with Crippen molar-refractivity contribution in [2.75, 3.05) is 18.4 Å². The number of hydrogen-bond donors (Lipinski definition) is 2. The highest BCUT2D eigenvalue weighted by atomic mass is 32.2. The van der Waals surface area contributed by atoms with Crippen molar-refractivity contribution in [2.24, 2.45) is 5.73 Å². The first-order valence-electron chi connectivity index (χ1n) is 6.21. The van der Waals surface area contributed by atoms with Crippen LogP contribution in [0, 0.1) is 0 Å². The molecule has 0 spiro atoms. The minimum Gasteiger partial charge on any atom is -0.497 e. The molecular weight excluding hydrogens is 292 g/mol. The van der Waals surface area contributed by atoms with Crippen LogP contribution in [-0.4, -0.2) is 32.0 Å². The van der Waals surface area contributed by atoms with Gasteiger partial charge in [-0.05, 0) is 36.7 Å². The van der Waals surface area contributed by atoms with E-state index in [0.717, 1.165) is 0 Å². The Bertz CT molecular complexity index is 705. The second-order valence-corrected chi connectivity index (χ2v) is 5.90. The molecule has 1 aromatic heterocycles. The van der Waals surface area contributed by atoms with Gasteiger partial charge in [-0.2, -0.15) is 0 Å². The molecule has 0 aliphatic rings. The van der Waals surface area contributed by atoms with Gasteiger partial charge in [0, 0.05) is 0 Å². The Balaban J connectivity index is 2.39. The van der Waals surface area contributed by atoms with Crippen molar-refractivity contribution in [3.05, 3.63) is 42.5 Å². The van der Waals surface area contributed by atoms with E-state index in [0.29, 0.717) is 30.0 Å². The van der Waals surface area contributed by atoms with Crippen LogP contribution in [-0.2, 0) is 16.4 Å². The first-order valence-corrected chi connectivity index (χ1v) is 7.70. The molecule has 3 N–H and O–H groups in total. The molecule has 0 atom stereocenters. The lowest BCUT2D eigenvalue weighted by molar-refractivity contribution is 0.414. The van der Waals surface area contributed by atoms with Gasteiger partial charge in [0.15, 0.2) is 0 Å². The summed E-state index contributed by atoms with van der Waals surface area (Å²) in [6.45, 7) is 0.337. The highest BCUT2D eigenvalue weighted by Gasteiger charge is 2.19. The lowest BCUT2D eigenvalue weighted by Gasteiger charge is -2.12. The highest BCUT2D eigenvalue weighted by Crippen LogP contribution is 2.24. The number of hydrogen-bond acceptors (Lipinski definition) is 6. The first kappa shape index (κ1) is 15.2. The predicted molar refractivity (Wildman–Crippen MR) is 78.6 cm³/mol.